The highest BCUT2D eigenvalue weighted by molar-refractivity contribution is 5.85. The van der Waals surface area contributed by atoms with Crippen molar-refractivity contribution < 1.29 is 24.4 Å². The highest BCUT2D eigenvalue weighted by Gasteiger charge is 2.48. The van der Waals surface area contributed by atoms with Crippen molar-refractivity contribution in [2.75, 3.05) is 19.8 Å². The number of rotatable bonds is 6. The Bertz CT molecular complexity index is 1170. The second-order valence-corrected chi connectivity index (χ2v) is 9.99. The zero-order valence-corrected chi connectivity index (χ0v) is 19.0. The fraction of sp³-hybridized carbons (Fsp3) is 0.500. The molecule has 3 heterocycles. The van der Waals surface area contributed by atoms with E-state index in [-0.39, 0.29) is 36.9 Å². The maximum absolute atomic E-state index is 9.96. The molecule has 0 spiro atoms. The van der Waals surface area contributed by atoms with Crippen LogP contribution in [0.1, 0.15) is 43.7 Å². The molecule has 1 aliphatic carbocycles. The fourth-order valence-electron chi connectivity index (χ4n) is 5.21. The van der Waals surface area contributed by atoms with E-state index in [1.54, 1.807) is 0 Å². The van der Waals surface area contributed by atoms with Crippen LogP contribution in [0, 0.1) is 0 Å². The third-order valence-corrected chi connectivity index (χ3v) is 7.46. The predicted molar refractivity (Wildman–Crippen MR) is 124 cm³/mol. The minimum atomic E-state index is -0.603. The first-order valence-electron chi connectivity index (χ1n) is 11.8. The number of aromatic amines is 1. The predicted octanol–water partition coefficient (Wildman–Crippen LogP) is 3.28. The Morgan fingerprint density at radius 2 is 1.88 bits per heavy atom. The summed E-state index contributed by atoms with van der Waals surface area (Å²) in [6.45, 7) is 5.23. The number of nitrogens with one attached hydrogen (secondary N) is 1. The van der Waals surface area contributed by atoms with Crippen molar-refractivity contribution in [1.82, 2.24) is 9.97 Å². The van der Waals surface area contributed by atoms with Crippen LogP contribution in [-0.4, -0.2) is 64.4 Å². The van der Waals surface area contributed by atoms with Gasteiger partial charge in [0.1, 0.15) is 18.3 Å². The Morgan fingerprint density at radius 3 is 2.58 bits per heavy atom. The SMILES string of the molecule is CC(C)c1cc2[nH]c(OC3COC4C(O)COC34)nc2cc1-c1ccc(C2(CO)CC2)cc1. The van der Waals surface area contributed by atoms with Crippen LogP contribution in [0.2, 0.25) is 0 Å². The molecule has 3 N–H and O–H groups in total. The highest BCUT2D eigenvalue weighted by atomic mass is 16.6. The Kier molecular flexibility index (Phi) is 4.99. The zero-order chi connectivity index (χ0) is 22.7. The van der Waals surface area contributed by atoms with Crippen LogP contribution in [0.4, 0.5) is 0 Å². The first kappa shape index (κ1) is 21.1. The average Bonchev–Trinajstić information content (AvgIpc) is 3.15. The maximum atomic E-state index is 9.96. The van der Waals surface area contributed by atoms with Gasteiger partial charge in [0.2, 0.25) is 0 Å². The minimum absolute atomic E-state index is 0.0279. The summed E-state index contributed by atoms with van der Waals surface area (Å²) < 4.78 is 17.4. The van der Waals surface area contributed by atoms with Crippen LogP contribution < -0.4 is 4.74 Å². The second kappa shape index (κ2) is 7.81. The average molecular weight is 451 g/mol. The number of H-pyrrole nitrogens is 1. The number of imidazole rings is 1. The summed E-state index contributed by atoms with van der Waals surface area (Å²) in [5.74, 6) is 0.335. The Hall–Kier alpha value is -2.45. The topological polar surface area (TPSA) is 96.8 Å². The molecule has 3 aromatic rings. The molecular formula is C26H30N2O5. The van der Waals surface area contributed by atoms with Gasteiger partial charge in [-0.05, 0) is 53.1 Å². The van der Waals surface area contributed by atoms with Gasteiger partial charge in [-0.25, -0.2) is 0 Å². The molecule has 0 bridgehead atoms. The first-order valence-corrected chi connectivity index (χ1v) is 11.8. The van der Waals surface area contributed by atoms with Gasteiger partial charge in [-0.2, -0.15) is 4.98 Å². The molecule has 33 heavy (non-hydrogen) atoms. The van der Waals surface area contributed by atoms with E-state index in [4.69, 9.17) is 19.2 Å². The molecule has 0 radical (unpaired) electrons. The van der Waals surface area contributed by atoms with E-state index in [1.165, 1.54) is 11.1 Å². The summed E-state index contributed by atoms with van der Waals surface area (Å²) in [6, 6.07) is 13.3. The molecule has 4 unspecified atom stereocenters. The molecule has 0 amide bonds. The van der Waals surface area contributed by atoms with Crippen LogP contribution >= 0.6 is 0 Å². The van der Waals surface area contributed by atoms with E-state index in [2.05, 4.69) is 55.2 Å². The summed E-state index contributed by atoms with van der Waals surface area (Å²) in [4.78, 5) is 7.99. The summed E-state index contributed by atoms with van der Waals surface area (Å²) >= 11 is 0. The molecule has 6 rings (SSSR count). The van der Waals surface area contributed by atoms with Gasteiger partial charge < -0.3 is 29.4 Å². The third-order valence-electron chi connectivity index (χ3n) is 7.46. The highest BCUT2D eigenvalue weighted by Crippen LogP contribution is 2.48. The van der Waals surface area contributed by atoms with Crippen molar-refractivity contribution in [1.29, 1.82) is 0 Å². The molecule has 7 heteroatoms. The summed E-state index contributed by atoms with van der Waals surface area (Å²) in [6.07, 6.45) is 0.600. The van der Waals surface area contributed by atoms with E-state index in [1.807, 2.05) is 0 Å². The first-order chi connectivity index (χ1) is 16.0. The number of benzene rings is 2. The van der Waals surface area contributed by atoms with E-state index in [0.29, 0.717) is 18.5 Å². The lowest BCUT2D eigenvalue weighted by molar-refractivity contribution is 0.00706. The van der Waals surface area contributed by atoms with Gasteiger partial charge in [-0.3, -0.25) is 0 Å². The second-order valence-electron chi connectivity index (χ2n) is 9.99. The lowest BCUT2D eigenvalue weighted by Crippen LogP contribution is -2.34. The molecule has 7 nitrogen and oxygen atoms in total. The van der Waals surface area contributed by atoms with Gasteiger partial charge in [0.05, 0.1) is 30.9 Å². The third kappa shape index (κ3) is 3.54. The van der Waals surface area contributed by atoms with Crippen molar-refractivity contribution in [2.45, 2.75) is 62.4 Å². The van der Waals surface area contributed by atoms with E-state index < -0.39 is 6.10 Å². The monoisotopic (exact) mass is 450 g/mol. The molecule has 174 valence electrons. The maximum Gasteiger partial charge on any atom is 0.295 e. The lowest BCUT2D eigenvalue weighted by Gasteiger charge is -2.16. The zero-order valence-electron chi connectivity index (χ0n) is 19.0. The molecule has 2 aliphatic heterocycles. The number of aliphatic hydroxyl groups excluding tert-OH is 2. The molecular weight excluding hydrogens is 420 g/mol. The Balaban J connectivity index is 1.30. The van der Waals surface area contributed by atoms with Gasteiger partial charge in [-0.1, -0.05) is 38.1 Å². The standard InChI is InChI=1S/C26H30N2O5/c1-14(2)17-9-19-20(10-18(17)15-3-5-16(6-4-15)26(13-29)7-8-26)28-25(27-19)33-22-12-32-23-21(30)11-31-24(22)23/h3-6,9-10,14,21-24,29-30H,7-8,11-13H2,1-2H3,(H,27,28). The fourth-order valence-corrected chi connectivity index (χ4v) is 5.21. The number of aromatic nitrogens is 2. The van der Waals surface area contributed by atoms with Crippen LogP contribution in [0.3, 0.4) is 0 Å². The summed E-state index contributed by atoms with van der Waals surface area (Å²) in [5.41, 5.74) is 6.48. The molecule has 3 fully saturated rings. The van der Waals surface area contributed by atoms with Gasteiger partial charge in [0, 0.05) is 5.41 Å². The minimum Gasteiger partial charge on any atom is -0.456 e. The van der Waals surface area contributed by atoms with Crippen molar-refractivity contribution in [2.24, 2.45) is 0 Å². The van der Waals surface area contributed by atoms with E-state index in [9.17, 15) is 10.2 Å². The molecule has 2 aromatic carbocycles. The number of aliphatic hydroxyl groups is 2. The van der Waals surface area contributed by atoms with E-state index >= 15 is 0 Å². The van der Waals surface area contributed by atoms with Gasteiger partial charge in [0.15, 0.2) is 6.10 Å². The largest absolute Gasteiger partial charge is 0.456 e. The van der Waals surface area contributed by atoms with Gasteiger partial charge in [0.25, 0.3) is 6.01 Å². The van der Waals surface area contributed by atoms with Gasteiger partial charge in [-0.15, -0.1) is 0 Å². The normalized spacial score (nSPS) is 27.9. The molecule has 3 aliphatic rings. The molecule has 1 saturated carbocycles. The quantitative estimate of drug-likeness (QED) is 0.533. The molecule has 4 atom stereocenters. The van der Waals surface area contributed by atoms with Crippen LogP contribution in [-0.2, 0) is 14.9 Å². The lowest BCUT2D eigenvalue weighted by atomic mass is 9.90. The van der Waals surface area contributed by atoms with E-state index in [0.717, 1.165) is 35.0 Å². The van der Waals surface area contributed by atoms with Crippen LogP contribution in [0.25, 0.3) is 22.2 Å². The van der Waals surface area contributed by atoms with Crippen molar-refractivity contribution in [3.63, 3.8) is 0 Å². The number of hydrogen-bond donors (Lipinski definition) is 3. The Labute approximate surface area is 192 Å². The molecule has 1 aromatic heterocycles. The van der Waals surface area contributed by atoms with Gasteiger partial charge >= 0.3 is 0 Å². The number of ether oxygens (including phenoxy) is 3. The number of hydrogen-bond acceptors (Lipinski definition) is 6. The van der Waals surface area contributed by atoms with Crippen molar-refractivity contribution in [3.05, 3.63) is 47.5 Å². The summed E-state index contributed by atoms with van der Waals surface area (Å²) in [7, 11) is 0. The van der Waals surface area contributed by atoms with Crippen molar-refractivity contribution >= 4 is 11.0 Å². The smallest absolute Gasteiger partial charge is 0.295 e. The number of fused-ring (bicyclic) bond motifs is 2. The Morgan fingerprint density at radius 1 is 1.12 bits per heavy atom. The number of nitrogens with zero attached hydrogens (tertiary/aromatic N) is 1. The molecule has 2 saturated heterocycles. The summed E-state index contributed by atoms with van der Waals surface area (Å²) in [5, 5.41) is 19.7. The van der Waals surface area contributed by atoms with Crippen molar-refractivity contribution in [3.8, 4) is 17.1 Å². The van der Waals surface area contributed by atoms with Crippen LogP contribution in [0.15, 0.2) is 36.4 Å². The van der Waals surface area contributed by atoms with Crippen LogP contribution in [0.5, 0.6) is 6.01 Å².